The van der Waals surface area contributed by atoms with Gasteiger partial charge in [0.15, 0.2) is 0 Å². The first-order valence-electron chi connectivity index (χ1n) is 24.2. The van der Waals surface area contributed by atoms with Crippen LogP contribution in [0.5, 0.6) is 0 Å². The van der Waals surface area contributed by atoms with Crippen LogP contribution in [0.3, 0.4) is 0 Å². The van der Waals surface area contributed by atoms with Crippen LogP contribution in [0, 0.1) is 0 Å². The van der Waals surface area contributed by atoms with Crippen LogP contribution >= 0.6 is 0 Å². The maximum Gasteiger partial charge on any atom is 0.0714 e. The van der Waals surface area contributed by atoms with Gasteiger partial charge in [-0.3, -0.25) is 0 Å². The highest BCUT2D eigenvalue weighted by Crippen LogP contribution is 2.57. The second kappa shape index (κ2) is 17.2. The molecule has 0 atom stereocenters. The van der Waals surface area contributed by atoms with Crippen molar-refractivity contribution >= 4 is 38.6 Å². The summed E-state index contributed by atoms with van der Waals surface area (Å²) in [7, 11) is 0. The maximum absolute atomic E-state index is 2.47. The Morgan fingerprint density at radius 2 is 0.729 bits per heavy atom. The molecular formula is C69H47N. The molecule has 0 heterocycles. The number of anilines is 3. The smallest absolute Gasteiger partial charge is 0.0714 e. The zero-order valence-corrected chi connectivity index (χ0v) is 38.6. The number of hydrogen-bond donors (Lipinski definition) is 0. The van der Waals surface area contributed by atoms with Crippen molar-refractivity contribution in [1.29, 1.82) is 0 Å². The first kappa shape index (κ1) is 41.2. The summed E-state index contributed by atoms with van der Waals surface area (Å²) in [6, 6.07) is 105. The van der Waals surface area contributed by atoms with E-state index in [9.17, 15) is 0 Å². The SMILES string of the molecule is c1ccc(-c2cccc3cccc(-c4ccccc4N(c4ccc(-c5ccc(-c6cccc7ccccc67)cc5)cc4)c4cccc(C5(c6ccccc6)c6ccccc6-c6ccccc65)c4)c23)cc1. The molecule has 0 unspecified atom stereocenters. The predicted molar refractivity (Wildman–Crippen MR) is 295 cm³/mol. The summed E-state index contributed by atoms with van der Waals surface area (Å²) in [5.74, 6) is 0. The van der Waals surface area contributed by atoms with Crippen LogP contribution in [-0.4, -0.2) is 0 Å². The van der Waals surface area contributed by atoms with Crippen LogP contribution in [-0.2, 0) is 5.41 Å². The Balaban J connectivity index is 0.999. The van der Waals surface area contributed by atoms with Crippen LogP contribution in [0.25, 0.3) is 77.2 Å². The number of para-hydroxylation sites is 1. The van der Waals surface area contributed by atoms with Crippen LogP contribution in [0.15, 0.2) is 285 Å². The molecule has 0 bridgehead atoms. The van der Waals surface area contributed by atoms with Crippen LogP contribution in [0.1, 0.15) is 22.3 Å². The Hall–Kier alpha value is -9.04. The van der Waals surface area contributed by atoms with Crippen molar-refractivity contribution in [3.63, 3.8) is 0 Å². The molecule has 0 spiro atoms. The highest BCUT2D eigenvalue weighted by Gasteiger charge is 2.46. The van der Waals surface area contributed by atoms with E-state index in [0.717, 1.165) is 22.6 Å². The largest absolute Gasteiger partial charge is 0.310 e. The fourth-order valence-corrected chi connectivity index (χ4v) is 11.5. The van der Waals surface area contributed by atoms with Crippen molar-refractivity contribution in [1.82, 2.24) is 0 Å². The lowest BCUT2D eigenvalue weighted by molar-refractivity contribution is 0.768. The van der Waals surface area contributed by atoms with E-state index in [1.165, 1.54) is 93.9 Å². The summed E-state index contributed by atoms with van der Waals surface area (Å²) >= 11 is 0. The van der Waals surface area contributed by atoms with Crippen molar-refractivity contribution in [3.05, 3.63) is 307 Å². The first-order chi connectivity index (χ1) is 34.7. The lowest BCUT2D eigenvalue weighted by atomic mass is 9.67. The average Bonchev–Trinajstić information content (AvgIpc) is 3.75. The van der Waals surface area contributed by atoms with Crippen LogP contribution in [0.4, 0.5) is 17.1 Å². The number of rotatable bonds is 9. The van der Waals surface area contributed by atoms with E-state index in [1.54, 1.807) is 0 Å². The van der Waals surface area contributed by atoms with Crippen molar-refractivity contribution in [3.8, 4) is 55.6 Å². The minimum Gasteiger partial charge on any atom is -0.310 e. The highest BCUT2D eigenvalue weighted by molar-refractivity contribution is 6.09. The van der Waals surface area contributed by atoms with Crippen molar-refractivity contribution < 1.29 is 0 Å². The molecule has 12 aromatic carbocycles. The summed E-state index contributed by atoms with van der Waals surface area (Å²) in [5, 5.41) is 4.96. The van der Waals surface area contributed by atoms with Gasteiger partial charge in [0.05, 0.1) is 11.1 Å². The number of fused-ring (bicyclic) bond motifs is 5. The van der Waals surface area contributed by atoms with Gasteiger partial charge in [-0.05, 0) is 124 Å². The highest BCUT2D eigenvalue weighted by atomic mass is 15.1. The molecule has 0 N–H and O–H groups in total. The molecule has 13 rings (SSSR count). The summed E-state index contributed by atoms with van der Waals surface area (Å²) in [6.07, 6.45) is 0. The molecule has 0 fully saturated rings. The third-order valence-electron chi connectivity index (χ3n) is 14.6. The third-order valence-corrected chi connectivity index (χ3v) is 14.6. The van der Waals surface area contributed by atoms with E-state index < -0.39 is 5.41 Å². The molecule has 0 saturated heterocycles. The monoisotopic (exact) mass is 889 g/mol. The van der Waals surface area contributed by atoms with E-state index in [-0.39, 0.29) is 0 Å². The van der Waals surface area contributed by atoms with Crippen LogP contribution < -0.4 is 4.90 Å². The summed E-state index contributed by atoms with van der Waals surface area (Å²) in [5.41, 5.74) is 19.9. The normalized spacial score (nSPS) is 12.4. The Kier molecular flexibility index (Phi) is 10.1. The number of nitrogens with zero attached hydrogens (tertiary/aromatic N) is 1. The molecule has 0 aromatic heterocycles. The van der Waals surface area contributed by atoms with Crippen molar-refractivity contribution in [2.24, 2.45) is 0 Å². The molecule has 328 valence electrons. The zero-order valence-electron chi connectivity index (χ0n) is 38.6. The first-order valence-corrected chi connectivity index (χ1v) is 24.2. The van der Waals surface area contributed by atoms with E-state index >= 15 is 0 Å². The van der Waals surface area contributed by atoms with E-state index in [4.69, 9.17) is 0 Å². The zero-order chi connectivity index (χ0) is 46.4. The molecule has 0 amide bonds. The Morgan fingerprint density at radius 3 is 1.44 bits per heavy atom. The summed E-state index contributed by atoms with van der Waals surface area (Å²) in [4.78, 5) is 2.47. The number of hydrogen-bond acceptors (Lipinski definition) is 1. The predicted octanol–water partition coefficient (Wildman–Crippen LogP) is 18.5. The lowest BCUT2D eigenvalue weighted by Gasteiger charge is -2.35. The minimum atomic E-state index is -0.544. The van der Waals surface area contributed by atoms with Crippen LogP contribution in [0.2, 0.25) is 0 Å². The Morgan fingerprint density at radius 1 is 0.257 bits per heavy atom. The van der Waals surface area contributed by atoms with Gasteiger partial charge >= 0.3 is 0 Å². The molecule has 1 aliphatic rings. The maximum atomic E-state index is 2.47. The van der Waals surface area contributed by atoms with Gasteiger partial charge in [0, 0.05) is 16.9 Å². The van der Waals surface area contributed by atoms with Gasteiger partial charge in [-0.2, -0.15) is 0 Å². The minimum absolute atomic E-state index is 0.544. The van der Waals surface area contributed by atoms with Gasteiger partial charge in [-0.25, -0.2) is 0 Å². The fourth-order valence-electron chi connectivity index (χ4n) is 11.5. The third kappa shape index (κ3) is 6.78. The molecule has 1 nitrogen and oxygen atoms in total. The van der Waals surface area contributed by atoms with Gasteiger partial charge in [-0.15, -0.1) is 0 Å². The second-order valence-corrected chi connectivity index (χ2v) is 18.3. The molecular weight excluding hydrogens is 843 g/mol. The van der Waals surface area contributed by atoms with E-state index in [0.29, 0.717) is 0 Å². The molecule has 0 saturated carbocycles. The standard InChI is InChI=1S/C69H47N/c1-3-19-51(20-4-1)60-34-16-23-53-24-17-35-64(68(53)60)63-32-11-14-38-67(63)70(56-45-43-49(44-46-56)48-39-41-52(42-40-48)59-33-15-22-50-21-7-8-29-58(50)59)57-28-18-27-55(47-57)69(54-25-5-2-6-26-54)65-36-12-9-30-61(65)62-31-10-13-37-66(62)69/h1-47H. The average molecular weight is 890 g/mol. The lowest BCUT2D eigenvalue weighted by Crippen LogP contribution is -2.28. The summed E-state index contributed by atoms with van der Waals surface area (Å²) in [6.45, 7) is 0. The summed E-state index contributed by atoms with van der Waals surface area (Å²) < 4.78 is 0. The quantitative estimate of drug-likeness (QED) is 0.140. The molecule has 12 aromatic rings. The topological polar surface area (TPSA) is 3.24 Å². The van der Waals surface area contributed by atoms with Gasteiger partial charge in [0.2, 0.25) is 0 Å². The van der Waals surface area contributed by atoms with Gasteiger partial charge < -0.3 is 4.90 Å². The molecule has 1 heteroatoms. The van der Waals surface area contributed by atoms with E-state index in [2.05, 4.69) is 290 Å². The van der Waals surface area contributed by atoms with Gasteiger partial charge in [-0.1, -0.05) is 255 Å². The van der Waals surface area contributed by atoms with Gasteiger partial charge in [0.1, 0.15) is 0 Å². The molecule has 0 radical (unpaired) electrons. The molecule has 1 aliphatic carbocycles. The second-order valence-electron chi connectivity index (χ2n) is 18.3. The van der Waals surface area contributed by atoms with E-state index in [1.807, 2.05) is 0 Å². The molecule has 70 heavy (non-hydrogen) atoms. The Bertz CT molecular complexity index is 3810. The van der Waals surface area contributed by atoms with Crippen molar-refractivity contribution in [2.45, 2.75) is 5.41 Å². The molecule has 0 aliphatic heterocycles. The van der Waals surface area contributed by atoms with Crippen molar-refractivity contribution in [2.75, 3.05) is 4.90 Å². The number of benzene rings is 12. The van der Waals surface area contributed by atoms with Gasteiger partial charge in [0.25, 0.3) is 0 Å². The fraction of sp³-hybridized carbons (Fsp3) is 0.0145. The Labute approximate surface area is 409 Å².